The minimum Gasteiger partial charge on any atom is -0.388 e. The van der Waals surface area contributed by atoms with E-state index in [0.717, 1.165) is 12.1 Å². The fourth-order valence-corrected chi connectivity index (χ4v) is 2.23. The zero-order chi connectivity index (χ0) is 13.5. The van der Waals surface area contributed by atoms with E-state index in [9.17, 15) is 19.6 Å². The topological polar surface area (TPSA) is 66.6 Å². The van der Waals surface area contributed by atoms with E-state index in [1.807, 2.05) is 0 Å². The first-order valence-corrected chi connectivity index (χ1v) is 5.79. The summed E-state index contributed by atoms with van der Waals surface area (Å²) in [6.07, 6.45) is 0.481. The molecule has 0 saturated carbocycles. The largest absolute Gasteiger partial charge is 0.388 e. The summed E-state index contributed by atoms with van der Waals surface area (Å²) >= 11 is 5.55. The lowest BCUT2D eigenvalue weighted by Crippen LogP contribution is -2.29. The van der Waals surface area contributed by atoms with Crippen molar-refractivity contribution in [1.82, 2.24) is 0 Å². The summed E-state index contributed by atoms with van der Waals surface area (Å²) in [5, 5.41) is 20.5. The Morgan fingerprint density at radius 1 is 1.61 bits per heavy atom. The molecule has 0 amide bonds. The molecule has 18 heavy (non-hydrogen) atoms. The highest BCUT2D eigenvalue weighted by Gasteiger charge is 2.34. The van der Waals surface area contributed by atoms with Gasteiger partial charge in [0.05, 0.1) is 15.5 Å². The molecule has 0 spiro atoms. The Bertz CT molecular complexity index is 507. The molecule has 0 radical (unpaired) electrons. The number of nitro benzene ring substituents is 1. The number of nitrogens with zero attached hydrogens (tertiary/aromatic N) is 2. The maximum atomic E-state index is 13.4. The van der Waals surface area contributed by atoms with Crippen LogP contribution >= 0.6 is 11.6 Å². The number of aliphatic hydroxyl groups is 1. The second-order valence-corrected chi connectivity index (χ2v) is 5.09. The van der Waals surface area contributed by atoms with Gasteiger partial charge in [-0.15, -0.1) is 0 Å². The van der Waals surface area contributed by atoms with Crippen LogP contribution in [0.4, 0.5) is 15.8 Å². The van der Waals surface area contributed by atoms with Gasteiger partial charge in [-0.3, -0.25) is 10.1 Å². The average molecular weight is 275 g/mol. The van der Waals surface area contributed by atoms with Gasteiger partial charge in [0.1, 0.15) is 11.5 Å². The monoisotopic (exact) mass is 274 g/mol. The van der Waals surface area contributed by atoms with Crippen LogP contribution in [0.3, 0.4) is 0 Å². The molecule has 1 atom stereocenters. The number of β-amino-alcohol motifs (C(OH)–C–C–N with tert-alkyl or cyclic N) is 1. The van der Waals surface area contributed by atoms with E-state index >= 15 is 0 Å². The van der Waals surface area contributed by atoms with Crippen molar-refractivity contribution >= 4 is 23.0 Å². The quantitative estimate of drug-likeness (QED) is 0.664. The first-order chi connectivity index (χ1) is 8.30. The minimum atomic E-state index is -0.913. The molecule has 1 aromatic rings. The van der Waals surface area contributed by atoms with E-state index in [1.54, 1.807) is 11.8 Å². The Labute approximate surface area is 108 Å². The Hall–Kier alpha value is -1.40. The third-order valence-electron chi connectivity index (χ3n) is 3.01. The normalized spacial score (nSPS) is 23.4. The van der Waals surface area contributed by atoms with Gasteiger partial charge in [0, 0.05) is 25.2 Å². The van der Waals surface area contributed by atoms with E-state index in [1.165, 1.54) is 0 Å². The molecule has 1 N–H and O–H groups in total. The predicted octanol–water partition coefficient (Wildman–Crippen LogP) is 2.35. The minimum absolute atomic E-state index is 0.152. The standard InChI is InChI=1S/C11H12ClFN2O3/c1-11(16)2-3-14(6-11)9-5-8(13)7(12)4-10(9)15(17)18/h4-5,16H,2-3,6H2,1H3. The first kappa shape index (κ1) is 13.0. The molecule has 1 heterocycles. The number of rotatable bonds is 2. The van der Waals surface area contributed by atoms with Crippen molar-refractivity contribution in [2.24, 2.45) is 0 Å². The Balaban J connectivity index is 2.44. The third kappa shape index (κ3) is 2.39. The summed E-state index contributed by atoms with van der Waals surface area (Å²) < 4.78 is 13.4. The highest BCUT2D eigenvalue weighted by Crippen LogP contribution is 2.36. The van der Waals surface area contributed by atoms with Crippen molar-refractivity contribution in [2.45, 2.75) is 18.9 Å². The van der Waals surface area contributed by atoms with Crippen molar-refractivity contribution in [3.8, 4) is 0 Å². The van der Waals surface area contributed by atoms with E-state index in [0.29, 0.717) is 13.0 Å². The van der Waals surface area contributed by atoms with Gasteiger partial charge < -0.3 is 10.0 Å². The Kier molecular flexibility index (Phi) is 3.16. The van der Waals surface area contributed by atoms with Crippen molar-refractivity contribution < 1.29 is 14.4 Å². The third-order valence-corrected chi connectivity index (χ3v) is 3.30. The number of anilines is 1. The lowest BCUT2D eigenvalue weighted by atomic mass is 10.1. The molecule has 0 bridgehead atoms. The molecule has 1 aliphatic rings. The number of hydrogen-bond acceptors (Lipinski definition) is 4. The van der Waals surface area contributed by atoms with Crippen LogP contribution in [-0.4, -0.2) is 28.7 Å². The molecule has 1 aliphatic heterocycles. The summed E-state index contributed by atoms with van der Waals surface area (Å²) in [4.78, 5) is 11.9. The van der Waals surface area contributed by atoms with Crippen LogP contribution in [0, 0.1) is 15.9 Å². The van der Waals surface area contributed by atoms with Crippen molar-refractivity contribution in [3.05, 3.63) is 33.1 Å². The van der Waals surface area contributed by atoms with E-state index < -0.39 is 16.3 Å². The van der Waals surface area contributed by atoms with Crippen LogP contribution in [0.1, 0.15) is 13.3 Å². The predicted molar refractivity (Wildman–Crippen MR) is 65.5 cm³/mol. The van der Waals surface area contributed by atoms with E-state index in [4.69, 9.17) is 11.6 Å². The van der Waals surface area contributed by atoms with Crippen molar-refractivity contribution in [1.29, 1.82) is 0 Å². The lowest BCUT2D eigenvalue weighted by molar-refractivity contribution is -0.384. The van der Waals surface area contributed by atoms with Gasteiger partial charge in [0.2, 0.25) is 0 Å². The fourth-order valence-electron chi connectivity index (χ4n) is 2.08. The van der Waals surface area contributed by atoms with Crippen LogP contribution in [0.2, 0.25) is 5.02 Å². The molecule has 1 unspecified atom stereocenters. The van der Waals surface area contributed by atoms with Gasteiger partial charge in [-0.1, -0.05) is 11.6 Å². The zero-order valence-corrected chi connectivity index (χ0v) is 10.4. The van der Waals surface area contributed by atoms with Crippen LogP contribution in [-0.2, 0) is 0 Å². The van der Waals surface area contributed by atoms with Crippen molar-refractivity contribution in [3.63, 3.8) is 0 Å². The molecule has 0 aromatic heterocycles. The summed E-state index contributed by atoms with van der Waals surface area (Å²) in [7, 11) is 0. The maximum absolute atomic E-state index is 13.4. The van der Waals surface area contributed by atoms with Gasteiger partial charge in [0.25, 0.3) is 5.69 Å². The fraction of sp³-hybridized carbons (Fsp3) is 0.455. The number of nitro groups is 1. The van der Waals surface area contributed by atoms with Gasteiger partial charge in [0.15, 0.2) is 0 Å². The van der Waals surface area contributed by atoms with E-state index in [2.05, 4.69) is 0 Å². The highest BCUT2D eigenvalue weighted by molar-refractivity contribution is 6.31. The smallest absolute Gasteiger partial charge is 0.294 e. The lowest BCUT2D eigenvalue weighted by Gasteiger charge is -2.20. The van der Waals surface area contributed by atoms with Gasteiger partial charge in [-0.25, -0.2) is 4.39 Å². The average Bonchev–Trinajstić information content (AvgIpc) is 2.62. The molecule has 1 saturated heterocycles. The van der Waals surface area contributed by atoms with Crippen LogP contribution in [0.25, 0.3) is 0 Å². The van der Waals surface area contributed by atoms with Crippen LogP contribution < -0.4 is 4.90 Å². The summed E-state index contributed by atoms with van der Waals surface area (Å²) in [6, 6.07) is 2.04. The summed E-state index contributed by atoms with van der Waals surface area (Å²) in [5.41, 5.74) is -1.01. The molecular formula is C11H12ClFN2O3. The SMILES string of the molecule is CC1(O)CCN(c2cc(F)c(Cl)cc2[N+](=O)[O-])C1. The highest BCUT2D eigenvalue weighted by atomic mass is 35.5. The van der Waals surface area contributed by atoms with Gasteiger partial charge >= 0.3 is 0 Å². The molecular weight excluding hydrogens is 263 g/mol. The number of benzene rings is 1. The van der Waals surface area contributed by atoms with Crippen LogP contribution in [0.15, 0.2) is 12.1 Å². The molecule has 1 fully saturated rings. The molecule has 1 aromatic carbocycles. The Morgan fingerprint density at radius 3 is 2.78 bits per heavy atom. The van der Waals surface area contributed by atoms with Gasteiger partial charge in [-0.05, 0) is 13.3 Å². The summed E-state index contributed by atoms with van der Waals surface area (Å²) in [5.74, 6) is -0.705. The molecule has 0 aliphatic carbocycles. The second kappa shape index (κ2) is 4.37. The second-order valence-electron chi connectivity index (χ2n) is 4.68. The number of halogens is 2. The van der Waals surface area contributed by atoms with Crippen molar-refractivity contribution in [2.75, 3.05) is 18.0 Å². The number of hydrogen-bond donors (Lipinski definition) is 1. The zero-order valence-electron chi connectivity index (χ0n) is 9.69. The Morgan fingerprint density at radius 2 is 2.28 bits per heavy atom. The summed E-state index contributed by atoms with van der Waals surface area (Å²) in [6.45, 7) is 2.31. The molecule has 5 nitrogen and oxygen atoms in total. The molecule has 7 heteroatoms. The molecule has 2 rings (SSSR count). The first-order valence-electron chi connectivity index (χ1n) is 5.41. The van der Waals surface area contributed by atoms with Crippen LogP contribution in [0.5, 0.6) is 0 Å². The van der Waals surface area contributed by atoms with E-state index in [-0.39, 0.29) is 22.9 Å². The maximum Gasteiger partial charge on any atom is 0.294 e. The molecule has 98 valence electrons. The van der Waals surface area contributed by atoms with Gasteiger partial charge in [-0.2, -0.15) is 0 Å².